The summed E-state index contributed by atoms with van der Waals surface area (Å²) < 4.78 is 0. The molecular weight excluding hydrogens is 314 g/mol. The zero-order valence-electron chi connectivity index (χ0n) is 13.9. The van der Waals surface area contributed by atoms with Gasteiger partial charge in [-0.2, -0.15) is 5.10 Å². The van der Waals surface area contributed by atoms with Crippen LogP contribution in [0.2, 0.25) is 0 Å². The Hall–Kier alpha value is -3.02. The highest BCUT2D eigenvalue weighted by atomic mass is 16.2. The monoisotopic (exact) mass is 333 g/mol. The van der Waals surface area contributed by atoms with Crippen LogP contribution in [0, 0.1) is 0 Å². The number of fused-ring (bicyclic) bond motifs is 1. The van der Waals surface area contributed by atoms with Crippen LogP contribution in [0.3, 0.4) is 0 Å². The van der Waals surface area contributed by atoms with Crippen molar-refractivity contribution in [2.75, 3.05) is 6.54 Å². The van der Waals surface area contributed by atoms with Crippen LogP contribution in [0.1, 0.15) is 23.4 Å². The number of hydrogen-bond donors (Lipinski definition) is 1. The lowest BCUT2D eigenvalue weighted by atomic mass is 10.0. The number of nitrogens with one attached hydrogen (secondary N) is 1. The molecule has 6 nitrogen and oxygen atoms in total. The highest BCUT2D eigenvalue weighted by Gasteiger charge is 2.25. The van der Waals surface area contributed by atoms with Crippen LogP contribution in [0.25, 0.3) is 11.3 Å². The number of amides is 1. The lowest BCUT2D eigenvalue weighted by Gasteiger charge is -2.27. The number of carbonyl (C=O) groups is 1. The minimum absolute atomic E-state index is 0.150. The highest BCUT2D eigenvalue weighted by Crippen LogP contribution is 2.28. The Morgan fingerprint density at radius 2 is 2.08 bits per heavy atom. The highest BCUT2D eigenvalue weighted by molar-refractivity contribution is 5.77. The van der Waals surface area contributed by atoms with Crippen LogP contribution in [0.4, 0.5) is 0 Å². The van der Waals surface area contributed by atoms with Crippen molar-refractivity contribution in [1.29, 1.82) is 0 Å². The van der Waals surface area contributed by atoms with Gasteiger partial charge in [-0.1, -0.05) is 30.3 Å². The number of nitrogens with zero attached hydrogens (tertiary/aromatic N) is 4. The Labute approximate surface area is 145 Å². The topological polar surface area (TPSA) is 74.8 Å². The number of rotatable bonds is 4. The molecule has 1 aliphatic rings. The van der Waals surface area contributed by atoms with Crippen molar-refractivity contribution >= 4 is 5.91 Å². The fourth-order valence-electron chi connectivity index (χ4n) is 3.19. The second-order valence-electron chi connectivity index (χ2n) is 6.16. The van der Waals surface area contributed by atoms with Crippen molar-refractivity contribution in [3.63, 3.8) is 0 Å². The van der Waals surface area contributed by atoms with E-state index in [-0.39, 0.29) is 5.91 Å². The smallest absolute Gasteiger partial charge is 0.223 e. The molecule has 1 amide bonds. The average Bonchev–Trinajstić information content (AvgIpc) is 3.11. The van der Waals surface area contributed by atoms with Crippen molar-refractivity contribution in [2.24, 2.45) is 0 Å². The predicted molar refractivity (Wildman–Crippen MR) is 93.5 cm³/mol. The molecule has 2 aromatic heterocycles. The Balaban J connectivity index is 1.47. The van der Waals surface area contributed by atoms with Gasteiger partial charge in [0.05, 0.1) is 11.4 Å². The van der Waals surface area contributed by atoms with E-state index in [1.807, 2.05) is 35.2 Å². The minimum atomic E-state index is 0.150. The summed E-state index contributed by atoms with van der Waals surface area (Å²) in [5, 5.41) is 7.61. The van der Waals surface area contributed by atoms with Crippen molar-refractivity contribution in [3.8, 4) is 11.3 Å². The number of hydrogen-bond acceptors (Lipinski definition) is 4. The van der Waals surface area contributed by atoms with Gasteiger partial charge in [0.2, 0.25) is 5.91 Å². The first-order valence-electron chi connectivity index (χ1n) is 8.45. The lowest BCUT2D eigenvalue weighted by molar-refractivity contribution is -0.132. The van der Waals surface area contributed by atoms with E-state index >= 15 is 0 Å². The molecule has 0 radical (unpaired) electrons. The molecule has 0 fully saturated rings. The number of aryl methyl sites for hydroxylation is 1. The van der Waals surface area contributed by atoms with Crippen LogP contribution in [0.5, 0.6) is 0 Å². The Kier molecular flexibility index (Phi) is 4.24. The summed E-state index contributed by atoms with van der Waals surface area (Å²) in [6.07, 6.45) is 6.89. The summed E-state index contributed by atoms with van der Waals surface area (Å²) in [5.41, 5.74) is 5.14. The second kappa shape index (κ2) is 6.84. The van der Waals surface area contributed by atoms with E-state index in [0.29, 0.717) is 19.4 Å². The largest absolute Gasteiger partial charge is 0.338 e. The van der Waals surface area contributed by atoms with E-state index in [1.54, 1.807) is 18.6 Å². The maximum absolute atomic E-state index is 12.6. The summed E-state index contributed by atoms with van der Waals surface area (Å²) in [5.74, 6) is 0.150. The molecule has 6 heteroatoms. The summed E-state index contributed by atoms with van der Waals surface area (Å²) in [4.78, 5) is 22.8. The van der Waals surface area contributed by atoms with Gasteiger partial charge in [-0.15, -0.1) is 0 Å². The Morgan fingerprint density at radius 3 is 2.88 bits per heavy atom. The van der Waals surface area contributed by atoms with Gasteiger partial charge in [-0.25, -0.2) is 0 Å². The molecule has 0 saturated carbocycles. The maximum Gasteiger partial charge on any atom is 0.223 e. The van der Waals surface area contributed by atoms with Gasteiger partial charge >= 0.3 is 0 Å². The van der Waals surface area contributed by atoms with Gasteiger partial charge < -0.3 is 4.90 Å². The van der Waals surface area contributed by atoms with E-state index in [2.05, 4.69) is 20.2 Å². The minimum Gasteiger partial charge on any atom is -0.338 e. The van der Waals surface area contributed by atoms with Gasteiger partial charge in [0.15, 0.2) is 0 Å². The Morgan fingerprint density at radius 1 is 1.20 bits per heavy atom. The van der Waals surface area contributed by atoms with Crippen LogP contribution in [-0.4, -0.2) is 37.5 Å². The van der Waals surface area contributed by atoms with E-state index in [0.717, 1.165) is 41.2 Å². The summed E-state index contributed by atoms with van der Waals surface area (Å²) in [6.45, 7) is 1.33. The van der Waals surface area contributed by atoms with Crippen molar-refractivity contribution in [1.82, 2.24) is 25.1 Å². The summed E-state index contributed by atoms with van der Waals surface area (Å²) >= 11 is 0. The fourth-order valence-corrected chi connectivity index (χ4v) is 3.19. The van der Waals surface area contributed by atoms with Gasteiger partial charge in [-0.3, -0.25) is 19.9 Å². The van der Waals surface area contributed by atoms with E-state index < -0.39 is 0 Å². The number of carbonyl (C=O) groups excluding carboxylic acids is 1. The molecule has 4 rings (SSSR count). The third-order valence-electron chi connectivity index (χ3n) is 4.55. The molecule has 0 saturated heterocycles. The van der Waals surface area contributed by atoms with Crippen LogP contribution < -0.4 is 0 Å². The SMILES string of the molecule is O=C(CCc1cnccn1)N1CCc2[nH]nc(-c3ccccc3)c2C1. The normalized spacial score (nSPS) is 13.5. The zero-order valence-corrected chi connectivity index (χ0v) is 13.9. The van der Waals surface area contributed by atoms with Crippen LogP contribution >= 0.6 is 0 Å². The standard InChI is InChI=1S/C19H19N5O/c25-18(7-6-15-12-20-9-10-21-15)24-11-8-17-16(13-24)19(23-22-17)14-4-2-1-3-5-14/h1-5,9-10,12H,6-8,11,13H2,(H,22,23). The molecule has 1 N–H and O–H groups in total. The summed E-state index contributed by atoms with van der Waals surface area (Å²) in [7, 11) is 0. The van der Waals surface area contributed by atoms with Gasteiger partial charge in [0, 0.05) is 61.3 Å². The molecule has 1 aromatic carbocycles. The van der Waals surface area contributed by atoms with Crippen LogP contribution in [0.15, 0.2) is 48.9 Å². The first kappa shape index (κ1) is 15.5. The average molecular weight is 333 g/mol. The molecule has 0 atom stereocenters. The number of H-pyrrole nitrogens is 1. The molecule has 0 spiro atoms. The number of benzene rings is 1. The zero-order chi connectivity index (χ0) is 17.1. The van der Waals surface area contributed by atoms with Crippen molar-refractivity contribution in [3.05, 3.63) is 65.9 Å². The van der Waals surface area contributed by atoms with Crippen molar-refractivity contribution in [2.45, 2.75) is 25.8 Å². The van der Waals surface area contributed by atoms with Crippen molar-refractivity contribution < 1.29 is 4.79 Å². The third kappa shape index (κ3) is 3.28. The van der Waals surface area contributed by atoms with E-state index in [9.17, 15) is 4.79 Å². The Bertz CT molecular complexity index is 860. The molecule has 1 aliphatic heterocycles. The molecule has 0 aliphatic carbocycles. The third-order valence-corrected chi connectivity index (χ3v) is 4.55. The fraction of sp³-hybridized carbons (Fsp3) is 0.263. The molecular formula is C19H19N5O. The van der Waals surface area contributed by atoms with Gasteiger partial charge in [0.1, 0.15) is 0 Å². The predicted octanol–water partition coefficient (Wildman–Crippen LogP) is 2.38. The molecule has 3 aromatic rings. The molecule has 0 bridgehead atoms. The number of aromatic nitrogens is 4. The first-order valence-corrected chi connectivity index (χ1v) is 8.45. The number of aromatic amines is 1. The van der Waals surface area contributed by atoms with Gasteiger partial charge in [-0.05, 0) is 6.42 Å². The lowest BCUT2D eigenvalue weighted by Crippen LogP contribution is -2.36. The molecule has 3 heterocycles. The van der Waals surface area contributed by atoms with Gasteiger partial charge in [0.25, 0.3) is 0 Å². The van der Waals surface area contributed by atoms with E-state index in [1.165, 1.54) is 0 Å². The maximum atomic E-state index is 12.6. The molecule has 0 unspecified atom stereocenters. The second-order valence-corrected chi connectivity index (χ2v) is 6.16. The molecule has 25 heavy (non-hydrogen) atoms. The molecule has 126 valence electrons. The van der Waals surface area contributed by atoms with E-state index in [4.69, 9.17) is 0 Å². The quantitative estimate of drug-likeness (QED) is 0.795. The van der Waals surface area contributed by atoms with Crippen LogP contribution in [-0.2, 0) is 24.2 Å². The first-order chi connectivity index (χ1) is 12.3. The summed E-state index contributed by atoms with van der Waals surface area (Å²) in [6, 6.07) is 10.1.